The van der Waals surface area contributed by atoms with Crippen LogP contribution in [0.25, 0.3) is 0 Å². The summed E-state index contributed by atoms with van der Waals surface area (Å²) >= 11 is 1.52. The molecule has 3 fully saturated rings. The van der Waals surface area contributed by atoms with Crippen molar-refractivity contribution in [1.82, 2.24) is 9.80 Å². The van der Waals surface area contributed by atoms with Gasteiger partial charge in [-0.2, -0.15) is 0 Å². The van der Waals surface area contributed by atoms with Crippen LogP contribution in [0.4, 0.5) is 0 Å². The van der Waals surface area contributed by atoms with E-state index in [-0.39, 0.29) is 18.4 Å². The van der Waals surface area contributed by atoms with E-state index in [1.807, 2.05) is 37.3 Å². The number of hydrogen-bond donors (Lipinski definition) is 2. The fourth-order valence-corrected chi connectivity index (χ4v) is 8.89. The number of nitrogens with zero attached hydrogens (tertiary/aromatic N) is 2. The highest BCUT2D eigenvalue weighted by Crippen LogP contribution is 2.72. The Hall–Kier alpha value is -2.32. The van der Waals surface area contributed by atoms with Crippen molar-refractivity contribution in [3.8, 4) is 0 Å². The number of aliphatic hydroxyl groups is 1. The molecule has 3 aliphatic rings. The minimum Gasteiger partial charge on any atom is -0.481 e. The second kappa shape index (κ2) is 9.97. The monoisotopic (exact) mass is 500 g/mol. The van der Waals surface area contributed by atoms with Crippen molar-refractivity contribution in [3.05, 3.63) is 48.6 Å². The summed E-state index contributed by atoms with van der Waals surface area (Å²) in [6.07, 6.45) is 5.79. The summed E-state index contributed by atoms with van der Waals surface area (Å²) in [7, 11) is 0. The number of aliphatic carboxylic acids is 1. The van der Waals surface area contributed by atoms with E-state index < -0.39 is 39.4 Å². The van der Waals surface area contributed by atoms with Crippen LogP contribution in [-0.2, 0) is 14.4 Å². The average molecular weight is 501 g/mol. The average Bonchev–Trinajstić information content (AvgIpc) is 3.41. The van der Waals surface area contributed by atoms with Crippen LogP contribution < -0.4 is 0 Å². The maximum atomic E-state index is 14.3. The van der Waals surface area contributed by atoms with E-state index in [2.05, 4.69) is 13.5 Å². The molecule has 2 amide bonds. The Balaban J connectivity index is 1.82. The van der Waals surface area contributed by atoms with Crippen molar-refractivity contribution in [1.29, 1.82) is 0 Å². The molecule has 2 bridgehead atoms. The maximum absolute atomic E-state index is 14.3. The molecular formula is C27H36N2O5S. The zero-order valence-corrected chi connectivity index (χ0v) is 21.4. The van der Waals surface area contributed by atoms with Gasteiger partial charge in [0.25, 0.3) is 0 Å². The third-order valence-electron chi connectivity index (χ3n) is 8.10. The van der Waals surface area contributed by atoms with E-state index in [9.17, 15) is 24.6 Å². The van der Waals surface area contributed by atoms with Gasteiger partial charge in [-0.05, 0) is 31.7 Å². The lowest BCUT2D eigenvalue weighted by Crippen LogP contribution is -2.55. The van der Waals surface area contributed by atoms with E-state index >= 15 is 0 Å². The van der Waals surface area contributed by atoms with Crippen molar-refractivity contribution >= 4 is 29.5 Å². The summed E-state index contributed by atoms with van der Waals surface area (Å²) in [5.41, 5.74) is 0.733. The summed E-state index contributed by atoms with van der Waals surface area (Å²) in [6.45, 7) is 8.43. The second-order valence-electron chi connectivity index (χ2n) is 10.2. The van der Waals surface area contributed by atoms with Crippen molar-refractivity contribution in [3.63, 3.8) is 0 Å². The zero-order valence-electron chi connectivity index (χ0n) is 20.6. The van der Waals surface area contributed by atoms with E-state index in [0.717, 1.165) is 24.8 Å². The molecule has 35 heavy (non-hydrogen) atoms. The summed E-state index contributed by atoms with van der Waals surface area (Å²) in [4.78, 5) is 44.1. The number of carbonyl (C=O) groups excluding carboxylic acids is 2. The predicted octanol–water partition coefficient (Wildman–Crippen LogP) is 3.49. The first-order valence-corrected chi connectivity index (χ1v) is 13.4. The number of carboxylic acid groups (broad SMARTS) is 1. The van der Waals surface area contributed by atoms with E-state index in [4.69, 9.17) is 0 Å². The molecule has 3 heterocycles. The molecule has 0 aromatic heterocycles. The normalized spacial score (nSPS) is 31.9. The summed E-state index contributed by atoms with van der Waals surface area (Å²) < 4.78 is -1.41. The number of benzene rings is 1. The molecule has 0 saturated carbocycles. The van der Waals surface area contributed by atoms with Crippen molar-refractivity contribution in [2.45, 2.75) is 67.5 Å². The minimum atomic E-state index is -0.987. The van der Waals surface area contributed by atoms with Gasteiger partial charge in [0.2, 0.25) is 11.8 Å². The Morgan fingerprint density at radius 1 is 1.29 bits per heavy atom. The molecule has 3 saturated heterocycles. The third kappa shape index (κ3) is 4.08. The van der Waals surface area contributed by atoms with Crippen molar-refractivity contribution < 1.29 is 24.6 Å². The van der Waals surface area contributed by atoms with Gasteiger partial charge in [-0.3, -0.25) is 14.4 Å². The predicted molar refractivity (Wildman–Crippen MR) is 136 cm³/mol. The van der Waals surface area contributed by atoms with Crippen LogP contribution in [0.2, 0.25) is 0 Å². The standard InChI is InChI=1S/C27H36N2O5S/c1-4-6-10-16-28(15-5-2)24(32)22-27-14-13-26(3,35-27)21(25(33)34)20(27)23(31)29(22)19(17-30)18-11-8-7-9-12-18/h5,7-9,11-12,19-22,30H,2,4,6,10,13-17H2,1,3H3,(H,33,34)/t19-,20+,21+,22?,26-,27?/m1/s1. The van der Waals surface area contributed by atoms with Gasteiger partial charge in [0, 0.05) is 17.8 Å². The first-order valence-electron chi connectivity index (χ1n) is 12.6. The van der Waals surface area contributed by atoms with Gasteiger partial charge in [-0.1, -0.05) is 56.2 Å². The van der Waals surface area contributed by atoms with Gasteiger partial charge in [0.1, 0.15) is 6.04 Å². The van der Waals surface area contributed by atoms with Crippen LogP contribution in [0.5, 0.6) is 0 Å². The number of unbranched alkanes of at least 4 members (excludes halogenated alkanes) is 2. The lowest BCUT2D eigenvalue weighted by molar-refractivity contribution is -0.151. The van der Waals surface area contributed by atoms with Crippen LogP contribution in [0.15, 0.2) is 43.0 Å². The number of likely N-dealkylation sites (tertiary alicyclic amines) is 1. The molecule has 0 radical (unpaired) electrons. The molecular weight excluding hydrogens is 464 g/mol. The summed E-state index contributed by atoms with van der Waals surface area (Å²) in [5.74, 6) is -3.15. The number of carboxylic acids is 1. The number of fused-ring (bicyclic) bond motifs is 1. The number of amides is 2. The Bertz CT molecular complexity index is 987. The first kappa shape index (κ1) is 25.8. The summed E-state index contributed by atoms with van der Waals surface area (Å²) in [5, 5.41) is 20.7. The Labute approximate surface area is 211 Å². The molecule has 0 aliphatic carbocycles. The number of aliphatic hydroxyl groups excluding tert-OH is 1. The van der Waals surface area contributed by atoms with E-state index in [1.165, 1.54) is 16.7 Å². The van der Waals surface area contributed by atoms with Crippen LogP contribution in [-0.4, -0.2) is 73.0 Å². The molecule has 1 aromatic carbocycles. The third-order valence-corrected chi connectivity index (χ3v) is 10.1. The SMILES string of the molecule is C=CCN(CCCCC)C(=O)C1N([C@H](CO)c2ccccc2)C(=O)[C@@H]2[C@@H](C(=O)O)[C@@]3(C)CCC12S3. The van der Waals surface area contributed by atoms with Gasteiger partial charge in [0.15, 0.2) is 0 Å². The number of hydrogen-bond acceptors (Lipinski definition) is 5. The maximum Gasteiger partial charge on any atom is 0.308 e. The van der Waals surface area contributed by atoms with Crippen LogP contribution in [0.3, 0.4) is 0 Å². The molecule has 190 valence electrons. The molecule has 7 nitrogen and oxygen atoms in total. The van der Waals surface area contributed by atoms with Gasteiger partial charge < -0.3 is 20.0 Å². The highest BCUT2D eigenvalue weighted by Gasteiger charge is 2.78. The smallest absolute Gasteiger partial charge is 0.308 e. The summed E-state index contributed by atoms with van der Waals surface area (Å²) in [6, 6.07) is 7.65. The number of rotatable bonds is 11. The highest BCUT2D eigenvalue weighted by molar-refractivity contribution is 8.02. The van der Waals surface area contributed by atoms with E-state index in [0.29, 0.717) is 25.9 Å². The number of thioether (sulfide) groups is 1. The van der Waals surface area contributed by atoms with Gasteiger partial charge in [0.05, 0.1) is 29.2 Å². The van der Waals surface area contributed by atoms with Crippen LogP contribution in [0.1, 0.15) is 57.6 Å². The minimum absolute atomic E-state index is 0.172. The number of carbonyl (C=O) groups is 3. The molecule has 8 heteroatoms. The topological polar surface area (TPSA) is 98.2 Å². The molecule has 2 N–H and O–H groups in total. The lowest BCUT2D eigenvalue weighted by atomic mass is 9.66. The molecule has 4 rings (SSSR count). The fraction of sp³-hybridized carbons (Fsp3) is 0.593. The molecule has 3 aliphatic heterocycles. The fourth-order valence-electron chi connectivity index (χ4n) is 6.56. The molecule has 6 atom stereocenters. The lowest BCUT2D eigenvalue weighted by Gasteiger charge is -2.39. The molecule has 2 unspecified atom stereocenters. The van der Waals surface area contributed by atoms with Gasteiger partial charge >= 0.3 is 5.97 Å². The van der Waals surface area contributed by atoms with E-state index in [1.54, 1.807) is 11.0 Å². The first-order chi connectivity index (χ1) is 16.8. The van der Waals surface area contributed by atoms with Gasteiger partial charge in [-0.15, -0.1) is 18.3 Å². The van der Waals surface area contributed by atoms with Crippen LogP contribution >= 0.6 is 11.8 Å². The van der Waals surface area contributed by atoms with Gasteiger partial charge in [-0.25, -0.2) is 0 Å². The highest BCUT2D eigenvalue weighted by atomic mass is 32.2. The van der Waals surface area contributed by atoms with Crippen molar-refractivity contribution in [2.75, 3.05) is 19.7 Å². The van der Waals surface area contributed by atoms with Crippen LogP contribution in [0, 0.1) is 11.8 Å². The molecule has 1 spiro atoms. The van der Waals surface area contributed by atoms with Crippen molar-refractivity contribution in [2.24, 2.45) is 11.8 Å². The quantitative estimate of drug-likeness (QED) is 0.357. The Morgan fingerprint density at radius 3 is 2.60 bits per heavy atom. The molecule has 1 aromatic rings. The zero-order chi connectivity index (χ0) is 25.4. The second-order valence-corrected chi connectivity index (χ2v) is 12.1. The Morgan fingerprint density at radius 2 is 2.00 bits per heavy atom. The Kier molecular flexibility index (Phi) is 7.34. The largest absolute Gasteiger partial charge is 0.481 e.